The van der Waals surface area contributed by atoms with Gasteiger partial charge in [0.05, 0.1) is 10.7 Å². The normalized spacial score (nSPS) is 11.2. The van der Waals surface area contributed by atoms with Crippen molar-refractivity contribution in [3.05, 3.63) is 52.7 Å². The predicted octanol–water partition coefficient (Wildman–Crippen LogP) is 4.47. The Balaban J connectivity index is 2.17. The van der Waals surface area contributed by atoms with Crippen LogP contribution in [0.1, 0.15) is 24.0 Å². The van der Waals surface area contributed by atoms with Crippen molar-refractivity contribution in [2.45, 2.75) is 26.2 Å². The fraction of sp³-hybridized carbons (Fsp3) is 0.278. The minimum atomic E-state index is 0.673. The topological polar surface area (TPSA) is 54.7 Å². The molecule has 22 heavy (non-hydrogen) atoms. The maximum atomic E-state index is 6.36. The zero-order valence-corrected chi connectivity index (χ0v) is 13.5. The summed E-state index contributed by atoms with van der Waals surface area (Å²) >= 11 is 6.36. The molecular formula is C18H20ClN3. The predicted molar refractivity (Wildman–Crippen MR) is 93.3 cm³/mol. The lowest BCUT2D eigenvalue weighted by atomic mass is 10.0. The number of pyridine rings is 1. The van der Waals surface area contributed by atoms with E-state index in [2.05, 4.69) is 35.1 Å². The molecule has 0 spiro atoms. The lowest BCUT2D eigenvalue weighted by Crippen LogP contribution is -1.99. The van der Waals surface area contributed by atoms with Crippen molar-refractivity contribution < 1.29 is 0 Å². The van der Waals surface area contributed by atoms with Crippen LogP contribution in [0.15, 0.2) is 36.5 Å². The van der Waals surface area contributed by atoms with Crippen molar-refractivity contribution in [2.24, 2.45) is 5.73 Å². The van der Waals surface area contributed by atoms with E-state index in [1.165, 1.54) is 22.0 Å². The third kappa shape index (κ3) is 2.74. The molecule has 2 aromatic heterocycles. The van der Waals surface area contributed by atoms with E-state index < -0.39 is 0 Å². The molecule has 3 rings (SSSR count). The number of para-hydroxylation sites is 1. The second-order valence-corrected chi connectivity index (χ2v) is 5.96. The van der Waals surface area contributed by atoms with Crippen molar-refractivity contribution >= 4 is 22.5 Å². The number of rotatable bonds is 5. The quantitative estimate of drug-likeness (QED) is 0.683. The Morgan fingerprint density at radius 3 is 2.82 bits per heavy atom. The molecule has 0 bridgehead atoms. The minimum absolute atomic E-state index is 0.673. The maximum absolute atomic E-state index is 6.36. The van der Waals surface area contributed by atoms with Gasteiger partial charge in [-0.25, -0.2) is 0 Å². The average molecular weight is 314 g/mol. The van der Waals surface area contributed by atoms with Crippen molar-refractivity contribution in [1.82, 2.24) is 9.97 Å². The second kappa shape index (κ2) is 6.51. The first kappa shape index (κ1) is 15.1. The third-order valence-electron chi connectivity index (χ3n) is 4.03. The molecule has 3 N–H and O–H groups in total. The number of hydrogen-bond acceptors (Lipinski definition) is 2. The van der Waals surface area contributed by atoms with Crippen LogP contribution in [-0.4, -0.2) is 16.5 Å². The van der Waals surface area contributed by atoms with E-state index in [1.807, 2.05) is 12.1 Å². The van der Waals surface area contributed by atoms with Crippen molar-refractivity contribution in [3.8, 4) is 11.4 Å². The summed E-state index contributed by atoms with van der Waals surface area (Å²) in [6.45, 7) is 2.84. The molecule has 3 nitrogen and oxygen atoms in total. The molecule has 0 fully saturated rings. The van der Waals surface area contributed by atoms with Crippen molar-refractivity contribution in [3.63, 3.8) is 0 Å². The molecule has 1 aromatic carbocycles. The summed E-state index contributed by atoms with van der Waals surface area (Å²) < 4.78 is 0. The van der Waals surface area contributed by atoms with Gasteiger partial charge >= 0.3 is 0 Å². The molecule has 0 atom stereocenters. The molecule has 4 heteroatoms. The smallest absolute Gasteiger partial charge is 0.105 e. The number of aromatic amines is 1. The third-order valence-corrected chi connectivity index (χ3v) is 4.33. The molecule has 0 saturated carbocycles. The monoisotopic (exact) mass is 313 g/mol. The molecule has 0 aliphatic carbocycles. The number of fused-ring (bicyclic) bond motifs is 1. The highest BCUT2D eigenvalue weighted by Crippen LogP contribution is 2.34. The summed E-state index contributed by atoms with van der Waals surface area (Å²) in [5.41, 5.74) is 11.2. The molecule has 0 saturated heterocycles. The lowest BCUT2D eigenvalue weighted by Gasteiger charge is -2.06. The fourth-order valence-electron chi connectivity index (χ4n) is 2.90. The molecule has 0 unspecified atom stereocenters. The number of nitrogens with two attached hydrogens (primary N) is 1. The summed E-state index contributed by atoms with van der Waals surface area (Å²) in [4.78, 5) is 8.01. The Hall–Kier alpha value is -1.84. The molecule has 114 valence electrons. The SMILES string of the molecule is Cc1cccc2c(CCCCN)c(-c3ncccc3Cl)[nH]c12. The van der Waals surface area contributed by atoms with E-state index in [9.17, 15) is 0 Å². The van der Waals surface area contributed by atoms with Gasteiger partial charge in [-0.2, -0.15) is 0 Å². The summed E-state index contributed by atoms with van der Waals surface area (Å²) in [6.07, 6.45) is 4.84. The Kier molecular flexibility index (Phi) is 4.46. The first-order chi connectivity index (χ1) is 10.7. The van der Waals surface area contributed by atoms with Crippen LogP contribution in [0.3, 0.4) is 0 Å². The number of H-pyrrole nitrogens is 1. The number of aryl methyl sites for hydroxylation is 2. The van der Waals surface area contributed by atoms with Gasteiger partial charge in [0, 0.05) is 17.1 Å². The Bertz CT molecular complexity index is 792. The first-order valence-electron chi connectivity index (χ1n) is 7.63. The van der Waals surface area contributed by atoms with Crippen molar-refractivity contribution in [1.29, 1.82) is 0 Å². The van der Waals surface area contributed by atoms with Gasteiger partial charge < -0.3 is 10.7 Å². The fourth-order valence-corrected chi connectivity index (χ4v) is 3.11. The van der Waals surface area contributed by atoms with Crippen LogP contribution in [0.5, 0.6) is 0 Å². The van der Waals surface area contributed by atoms with Gasteiger partial charge in [-0.15, -0.1) is 0 Å². The number of aromatic nitrogens is 2. The largest absolute Gasteiger partial charge is 0.353 e. The van der Waals surface area contributed by atoms with E-state index in [-0.39, 0.29) is 0 Å². The van der Waals surface area contributed by atoms with Gasteiger partial charge in [0.1, 0.15) is 5.69 Å². The number of hydrogen-bond donors (Lipinski definition) is 2. The van der Waals surface area contributed by atoms with E-state index >= 15 is 0 Å². The van der Waals surface area contributed by atoms with E-state index in [4.69, 9.17) is 17.3 Å². The molecule has 0 aliphatic heterocycles. The van der Waals surface area contributed by atoms with E-state index in [0.717, 1.165) is 37.2 Å². The molecular weight excluding hydrogens is 294 g/mol. The molecule has 3 aromatic rings. The van der Waals surface area contributed by atoms with E-state index in [0.29, 0.717) is 5.02 Å². The Morgan fingerprint density at radius 1 is 1.18 bits per heavy atom. The zero-order valence-electron chi connectivity index (χ0n) is 12.7. The summed E-state index contributed by atoms with van der Waals surface area (Å²) in [6, 6.07) is 10.1. The van der Waals surface area contributed by atoms with Crippen LogP contribution >= 0.6 is 11.6 Å². The number of unbranched alkanes of at least 4 members (excludes halogenated alkanes) is 1. The average Bonchev–Trinajstić information content (AvgIpc) is 2.88. The summed E-state index contributed by atoms with van der Waals surface area (Å²) in [7, 11) is 0. The number of nitrogens with zero attached hydrogens (tertiary/aromatic N) is 1. The highest BCUT2D eigenvalue weighted by molar-refractivity contribution is 6.33. The summed E-state index contributed by atoms with van der Waals surface area (Å²) in [5.74, 6) is 0. The molecule has 2 heterocycles. The summed E-state index contributed by atoms with van der Waals surface area (Å²) in [5, 5.41) is 1.93. The van der Waals surface area contributed by atoms with Crippen LogP contribution < -0.4 is 5.73 Å². The van der Waals surface area contributed by atoms with Gasteiger partial charge in [0.2, 0.25) is 0 Å². The lowest BCUT2D eigenvalue weighted by molar-refractivity contribution is 0.748. The van der Waals surface area contributed by atoms with Crippen LogP contribution in [0.4, 0.5) is 0 Å². The van der Waals surface area contributed by atoms with Gasteiger partial charge in [0.25, 0.3) is 0 Å². The van der Waals surface area contributed by atoms with E-state index in [1.54, 1.807) is 6.20 Å². The second-order valence-electron chi connectivity index (χ2n) is 5.56. The van der Waals surface area contributed by atoms with Gasteiger partial charge in [0.15, 0.2) is 0 Å². The Morgan fingerprint density at radius 2 is 2.05 bits per heavy atom. The number of benzene rings is 1. The minimum Gasteiger partial charge on any atom is -0.353 e. The van der Waals surface area contributed by atoms with Crippen LogP contribution in [-0.2, 0) is 6.42 Å². The van der Waals surface area contributed by atoms with Gasteiger partial charge in [-0.05, 0) is 56.0 Å². The highest BCUT2D eigenvalue weighted by Gasteiger charge is 2.16. The maximum Gasteiger partial charge on any atom is 0.105 e. The number of nitrogens with one attached hydrogen (secondary N) is 1. The first-order valence-corrected chi connectivity index (χ1v) is 8.01. The number of halogens is 1. The van der Waals surface area contributed by atoms with Gasteiger partial charge in [-0.1, -0.05) is 29.8 Å². The van der Waals surface area contributed by atoms with Crippen LogP contribution in [0, 0.1) is 6.92 Å². The Labute approximate surface area is 135 Å². The van der Waals surface area contributed by atoms with Gasteiger partial charge in [-0.3, -0.25) is 4.98 Å². The molecule has 0 radical (unpaired) electrons. The molecule has 0 amide bonds. The standard InChI is InChI=1S/C18H20ClN3/c1-12-6-4-8-13-14(7-2-3-10-20)17(22-16(12)13)18-15(19)9-5-11-21-18/h4-6,8-9,11,22H,2-3,7,10,20H2,1H3. The van der Waals surface area contributed by atoms with Crippen LogP contribution in [0.2, 0.25) is 5.02 Å². The molecule has 0 aliphatic rings. The van der Waals surface area contributed by atoms with Crippen molar-refractivity contribution in [2.75, 3.05) is 6.54 Å². The highest BCUT2D eigenvalue weighted by atomic mass is 35.5. The zero-order chi connectivity index (χ0) is 15.5. The van der Waals surface area contributed by atoms with Crippen LogP contribution in [0.25, 0.3) is 22.3 Å².